The molecule has 0 radical (unpaired) electrons. The number of benzene rings is 1. The molecular weight excluding hydrogens is 323 g/mol. The minimum atomic E-state index is -0.259. The predicted molar refractivity (Wildman–Crippen MR) is 89.9 cm³/mol. The molecule has 130 valence electrons. The molecule has 1 atom stereocenters. The molecule has 1 fully saturated rings. The van der Waals surface area contributed by atoms with Crippen molar-refractivity contribution < 1.29 is 14.0 Å². The Bertz CT molecular complexity index is 813. The summed E-state index contributed by atoms with van der Waals surface area (Å²) in [5.74, 6) is 0.0572. The molecule has 1 aliphatic heterocycles. The second-order valence-electron chi connectivity index (χ2n) is 6.59. The van der Waals surface area contributed by atoms with E-state index in [1.807, 2.05) is 12.1 Å². The number of carbonyl (C=O) groups excluding carboxylic acids is 1. The summed E-state index contributed by atoms with van der Waals surface area (Å²) in [6.07, 6.45) is 3.28. The van der Waals surface area contributed by atoms with Gasteiger partial charge in [-0.05, 0) is 36.6 Å². The van der Waals surface area contributed by atoms with Gasteiger partial charge in [-0.3, -0.25) is 9.89 Å². The number of halogens is 1. The van der Waals surface area contributed by atoms with Crippen LogP contribution in [0.25, 0.3) is 0 Å². The lowest BCUT2D eigenvalue weighted by Gasteiger charge is -2.08. The van der Waals surface area contributed by atoms with Crippen LogP contribution in [0.1, 0.15) is 46.9 Å². The van der Waals surface area contributed by atoms with Crippen molar-refractivity contribution in [2.75, 3.05) is 6.54 Å². The minimum Gasteiger partial charge on any atom is -0.390 e. The number of hydrogen-bond acceptors (Lipinski definition) is 4. The molecule has 7 heteroatoms. The highest BCUT2D eigenvalue weighted by Gasteiger charge is 2.27. The molecule has 0 spiro atoms. The third-order valence-corrected chi connectivity index (χ3v) is 4.43. The molecule has 2 heterocycles. The highest BCUT2D eigenvalue weighted by Crippen LogP contribution is 2.38. The van der Waals surface area contributed by atoms with Gasteiger partial charge in [0.15, 0.2) is 0 Å². The van der Waals surface area contributed by atoms with Crippen molar-refractivity contribution in [1.29, 1.82) is 0 Å². The van der Waals surface area contributed by atoms with Crippen LogP contribution in [0, 0.1) is 5.82 Å². The molecule has 25 heavy (non-hydrogen) atoms. The number of amides is 1. The van der Waals surface area contributed by atoms with E-state index < -0.39 is 0 Å². The number of aromatic amines is 1. The molecule has 1 unspecified atom stereocenters. The Morgan fingerprint density at radius 2 is 2.24 bits per heavy atom. The van der Waals surface area contributed by atoms with Crippen LogP contribution in [0.2, 0.25) is 0 Å². The van der Waals surface area contributed by atoms with Crippen molar-refractivity contribution in [3.05, 3.63) is 53.1 Å². The highest BCUT2D eigenvalue weighted by molar-refractivity contribution is 5.92. The van der Waals surface area contributed by atoms with Gasteiger partial charge in [0.2, 0.25) is 0 Å². The van der Waals surface area contributed by atoms with E-state index in [4.69, 9.17) is 4.84 Å². The number of rotatable bonds is 6. The quantitative estimate of drug-likeness (QED) is 0.847. The first-order valence-corrected chi connectivity index (χ1v) is 8.47. The van der Waals surface area contributed by atoms with Crippen molar-refractivity contribution in [2.24, 2.45) is 5.16 Å². The Morgan fingerprint density at radius 1 is 1.36 bits per heavy atom. The topological polar surface area (TPSA) is 79.4 Å². The fourth-order valence-electron chi connectivity index (χ4n) is 2.94. The van der Waals surface area contributed by atoms with Gasteiger partial charge in [0.25, 0.3) is 5.91 Å². The second-order valence-corrected chi connectivity index (χ2v) is 6.59. The van der Waals surface area contributed by atoms with Crippen molar-refractivity contribution in [3.63, 3.8) is 0 Å². The molecule has 2 aliphatic rings. The van der Waals surface area contributed by atoms with Crippen LogP contribution < -0.4 is 5.32 Å². The average Bonchev–Trinajstić information content (AvgIpc) is 3.16. The first-order valence-electron chi connectivity index (χ1n) is 8.47. The molecule has 1 aromatic heterocycles. The van der Waals surface area contributed by atoms with Crippen LogP contribution >= 0.6 is 0 Å². The molecular formula is C18H19FN4O2. The summed E-state index contributed by atoms with van der Waals surface area (Å²) in [4.78, 5) is 17.5. The van der Waals surface area contributed by atoms with E-state index in [0.717, 1.165) is 29.8 Å². The Morgan fingerprint density at radius 3 is 3.04 bits per heavy atom. The highest BCUT2D eigenvalue weighted by atomic mass is 19.1. The molecule has 6 nitrogen and oxygen atoms in total. The summed E-state index contributed by atoms with van der Waals surface area (Å²) in [6.45, 7) is 0.362. The van der Waals surface area contributed by atoms with E-state index in [2.05, 4.69) is 20.7 Å². The fraction of sp³-hybridized carbons (Fsp3) is 0.389. The van der Waals surface area contributed by atoms with Crippen molar-refractivity contribution in [3.8, 4) is 0 Å². The number of nitrogens with zero attached hydrogens (tertiary/aromatic N) is 2. The van der Waals surface area contributed by atoms with E-state index in [1.165, 1.54) is 12.1 Å². The molecule has 0 bridgehead atoms. The molecule has 1 aliphatic carbocycles. The molecule has 1 aromatic carbocycles. The molecule has 2 N–H and O–H groups in total. The maximum atomic E-state index is 13.2. The Hall–Kier alpha value is -2.70. The molecule has 2 aromatic rings. The van der Waals surface area contributed by atoms with Gasteiger partial charge in [0, 0.05) is 24.5 Å². The summed E-state index contributed by atoms with van der Waals surface area (Å²) in [5, 5.41) is 13.9. The van der Waals surface area contributed by atoms with Crippen LogP contribution in [0.3, 0.4) is 0 Å². The van der Waals surface area contributed by atoms with E-state index in [0.29, 0.717) is 31.0 Å². The minimum absolute atomic E-state index is 0.200. The summed E-state index contributed by atoms with van der Waals surface area (Å²) >= 11 is 0. The first kappa shape index (κ1) is 15.8. The van der Waals surface area contributed by atoms with Gasteiger partial charge in [0.1, 0.15) is 17.6 Å². The second kappa shape index (κ2) is 6.66. The van der Waals surface area contributed by atoms with Gasteiger partial charge >= 0.3 is 0 Å². The third kappa shape index (κ3) is 3.87. The van der Waals surface area contributed by atoms with E-state index in [-0.39, 0.29) is 17.8 Å². The monoisotopic (exact) mass is 342 g/mol. The standard InChI is InChI=1S/C18H19FN4O2/c19-13-3-1-2-11(6-13)7-14-8-15(25-23-14)10-20-18(24)17-9-16(21-22-17)12-4-5-12/h1-3,6,9,12,15H,4-5,7-8,10H2,(H,20,24)(H,21,22). The average molecular weight is 342 g/mol. The summed E-state index contributed by atoms with van der Waals surface area (Å²) in [7, 11) is 0. The zero-order chi connectivity index (χ0) is 17.2. The maximum Gasteiger partial charge on any atom is 0.271 e. The molecule has 1 amide bonds. The molecule has 1 saturated carbocycles. The van der Waals surface area contributed by atoms with Crippen LogP contribution in [-0.2, 0) is 11.3 Å². The summed E-state index contributed by atoms with van der Waals surface area (Å²) in [6, 6.07) is 8.26. The van der Waals surface area contributed by atoms with E-state index >= 15 is 0 Å². The third-order valence-electron chi connectivity index (χ3n) is 4.43. The maximum absolute atomic E-state index is 13.2. The predicted octanol–water partition coefficient (Wildman–Crippen LogP) is 2.54. The van der Waals surface area contributed by atoms with Gasteiger partial charge in [0.05, 0.1) is 12.3 Å². The number of oxime groups is 1. The Balaban J connectivity index is 1.25. The molecule has 4 rings (SSSR count). The van der Waals surface area contributed by atoms with Crippen LogP contribution in [0.5, 0.6) is 0 Å². The summed E-state index contributed by atoms with van der Waals surface area (Å²) < 4.78 is 13.2. The van der Waals surface area contributed by atoms with Crippen molar-refractivity contribution in [2.45, 2.75) is 37.7 Å². The van der Waals surface area contributed by atoms with E-state index in [1.54, 1.807) is 6.07 Å². The van der Waals surface area contributed by atoms with Gasteiger partial charge in [-0.2, -0.15) is 5.10 Å². The van der Waals surface area contributed by atoms with Crippen molar-refractivity contribution >= 4 is 11.6 Å². The lowest BCUT2D eigenvalue weighted by molar-refractivity contribution is 0.0751. The fourth-order valence-corrected chi connectivity index (χ4v) is 2.94. The van der Waals surface area contributed by atoms with Gasteiger partial charge in [-0.1, -0.05) is 17.3 Å². The van der Waals surface area contributed by atoms with Crippen LogP contribution in [0.4, 0.5) is 4.39 Å². The smallest absolute Gasteiger partial charge is 0.271 e. The zero-order valence-corrected chi connectivity index (χ0v) is 13.7. The number of H-pyrrole nitrogens is 1. The van der Waals surface area contributed by atoms with Gasteiger partial charge in [-0.15, -0.1) is 0 Å². The Kier molecular flexibility index (Phi) is 4.21. The van der Waals surface area contributed by atoms with Crippen molar-refractivity contribution in [1.82, 2.24) is 15.5 Å². The number of hydrogen-bond donors (Lipinski definition) is 2. The normalized spacial score (nSPS) is 19.4. The lowest BCUT2D eigenvalue weighted by atomic mass is 10.0. The molecule has 0 saturated heterocycles. The SMILES string of the molecule is O=C(NCC1CC(Cc2cccc(F)c2)=NO1)c1cc(C2CC2)[nH]n1. The first-order chi connectivity index (χ1) is 12.2. The summed E-state index contributed by atoms with van der Waals surface area (Å²) in [5.41, 5.74) is 3.14. The zero-order valence-electron chi connectivity index (χ0n) is 13.7. The lowest BCUT2D eigenvalue weighted by Crippen LogP contribution is -2.32. The largest absolute Gasteiger partial charge is 0.390 e. The number of aromatic nitrogens is 2. The number of nitrogens with one attached hydrogen (secondary N) is 2. The van der Waals surface area contributed by atoms with Crippen LogP contribution in [0.15, 0.2) is 35.5 Å². The van der Waals surface area contributed by atoms with E-state index in [9.17, 15) is 9.18 Å². The van der Waals surface area contributed by atoms with Gasteiger partial charge in [-0.25, -0.2) is 4.39 Å². The van der Waals surface area contributed by atoms with Gasteiger partial charge < -0.3 is 10.2 Å². The Labute approximate surface area is 144 Å². The van der Waals surface area contributed by atoms with Crippen LogP contribution in [-0.4, -0.2) is 34.5 Å². The number of carbonyl (C=O) groups is 1.